The Hall–Kier alpha value is -2.89. The van der Waals surface area contributed by atoms with Gasteiger partial charge in [0.05, 0.1) is 11.0 Å². The number of amides is 1. The number of non-ortho nitro benzene ring substituents is 1. The minimum atomic E-state index is -0.704. The number of ether oxygens (including phenoxy) is 1. The van der Waals surface area contributed by atoms with Crippen LogP contribution in [0.1, 0.15) is 31.9 Å². The molecule has 0 aliphatic heterocycles. The first-order chi connectivity index (χ1) is 11.5. The summed E-state index contributed by atoms with van der Waals surface area (Å²) in [6.45, 7) is 3.65. The number of rotatable bonds is 7. The third-order valence-corrected chi connectivity index (χ3v) is 3.66. The standard InChI is InChI=1S/C18H20N2O4/c1-3-17(14-7-5-4-6-8-14)19-18(21)13(2)24-16-11-9-15(10-12-16)20(22)23/h4-13,17H,3H2,1-2H3,(H,19,21). The Morgan fingerprint density at radius 3 is 2.33 bits per heavy atom. The lowest BCUT2D eigenvalue weighted by molar-refractivity contribution is -0.384. The van der Waals surface area contributed by atoms with Gasteiger partial charge in [0.2, 0.25) is 0 Å². The molecule has 2 aromatic rings. The fourth-order valence-corrected chi connectivity index (χ4v) is 2.30. The Morgan fingerprint density at radius 2 is 1.79 bits per heavy atom. The molecule has 0 radical (unpaired) electrons. The molecule has 0 aliphatic rings. The monoisotopic (exact) mass is 328 g/mol. The van der Waals surface area contributed by atoms with Crippen molar-refractivity contribution in [3.63, 3.8) is 0 Å². The van der Waals surface area contributed by atoms with Gasteiger partial charge in [0.25, 0.3) is 11.6 Å². The summed E-state index contributed by atoms with van der Waals surface area (Å²) < 4.78 is 5.56. The Morgan fingerprint density at radius 1 is 1.17 bits per heavy atom. The van der Waals surface area contributed by atoms with E-state index in [1.165, 1.54) is 24.3 Å². The van der Waals surface area contributed by atoms with Crippen molar-refractivity contribution >= 4 is 11.6 Å². The van der Waals surface area contributed by atoms with Crippen LogP contribution in [0.15, 0.2) is 54.6 Å². The number of hydrogen-bond donors (Lipinski definition) is 1. The van der Waals surface area contributed by atoms with Crippen molar-refractivity contribution in [1.29, 1.82) is 0 Å². The molecule has 0 bridgehead atoms. The van der Waals surface area contributed by atoms with Gasteiger partial charge in [-0.2, -0.15) is 0 Å². The van der Waals surface area contributed by atoms with Crippen LogP contribution < -0.4 is 10.1 Å². The smallest absolute Gasteiger partial charge is 0.269 e. The number of carbonyl (C=O) groups is 1. The minimum absolute atomic E-state index is 0.0189. The van der Waals surface area contributed by atoms with Crippen molar-refractivity contribution in [1.82, 2.24) is 5.32 Å². The Balaban J connectivity index is 1.97. The molecule has 2 unspecified atom stereocenters. The van der Waals surface area contributed by atoms with E-state index >= 15 is 0 Å². The molecule has 2 atom stereocenters. The molecule has 126 valence electrons. The second-order valence-corrected chi connectivity index (χ2v) is 5.39. The second-order valence-electron chi connectivity index (χ2n) is 5.39. The fourth-order valence-electron chi connectivity index (χ4n) is 2.30. The van der Waals surface area contributed by atoms with Gasteiger partial charge in [0.1, 0.15) is 5.75 Å². The quantitative estimate of drug-likeness (QED) is 0.621. The van der Waals surface area contributed by atoms with Crippen LogP contribution in [0.3, 0.4) is 0 Å². The van der Waals surface area contributed by atoms with E-state index in [4.69, 9.17) is 4.74 Å². The summed E-state index contributed by atoms with van der Waals surface area (Å²) in [4.78, 5) is 22.5. The topological polar surface area (TPSA) is 81.5 Å². The Bertz CT molecular complexity index is 686. The number of nitrogens with one attached hydrogen (secondary N) is 1. The van der Waals surface area contributed by atoms with Gasteiger partial charge in [0.15, 0.2) is 6.10 Å². The highest BCUT2D eigenvalue weighted by atomic mass is 16.6. The van der Waals surface area contributed by atoms with Crippen LogP contribution in [-0.2, 0) is 4.79 Å². The average Bonchev–Trinajstić information content (AvgIpc) is 2.60. The van der Waals surface area contributed by atoms with Crippen molar-refractivity contribution in [2.24, 2.45) is 0 Å². The van der Waals surface area contributed by atoms with E-state index in [2.05, 4.69) is 5.32 Å². The summed E-state index contributed by atoms with van der Waals surface area (Å²) in [7, 11) is 0. The molecule has 24 heavy (non-hydrogen) atoms. The lowest BCUT2D eigenvalue weighted by atomic mass is 10.0. The summed E-state index contributed by atoms with van der Waals surface area (Å²) >= 11 is 0. The predicted octanol–water partition coefficient (Wildman–Crippen LogP) is 3.63. The van der Waals surface area contributed by atoms with Crippen LogP contribution in [0.4, 0.5) is 5.69 Å². The van der Waals surface area contributed by atoms with E-state index in [9.17, 15) is 14.9 Å². The van der Waals surface area contributed by atoms with E-state index in [-0.39, 0.29) is 17.6 Å². The highest BCUT2D eigenvalue weighted by molar-refractivity contribution is 5.81. The summed E-state index contributed by atoms with van der Waals surface area (Å²) in [5.41, 5.74) is 1.02. The maximum absolute atomic E-state index is 12.3. The zero-order chi connectivity index (χ0) is 17.5. The molecule has 6 heteroatoms. The van der Waals surface area contributed by atoms with Crippen LogP contribution >= 0.6 is 0 Å². The summed E-state index contributed by atoms with van der Waals surface area (Å²) in [6.07, 6.45) is 0.0595. The van der Waals surface area contributed by atoms with E-state index < -0.39 is 11.0 Å². The fraction of sp³-hybridized carbons (Fsp3) is 0.278. The molecule has 2 aromatic carbocycles. The molecule has 0 aliphatic carbocycles. The third-order valence-electron chi connectivity index (χ3n) is 3.66. The normalized spacial score (nSPS) is 12.9. The Labute approximate surface area is 140 Å². The minimum Gasteiger partial charge on any atom is -0.481 e. The molecule has 0 aromatic heterocycles. The van der Waals surface area contributed by atoms with Gasteiger partial charge in [-0.05, 0) is 31.0 Å². The van der Waals surface area contributed by atoms with E-state index in [1.54, 1.807) is 6.92 Å². The summed E-state index contributed by atoms with van der Waals surface area (Å²) in [6, 6.07) is 15.3. The van der Waals surface area contributed by atoms with Gasteiger partial charge in [-0.15, -0.1) is 0 Å². The van der Waals surface area contributed by atoms with Crippen molar-refractivity contribution in [2.45, 2.75) is 32.4 Å². The zero-order valence-corrected chi connectivity index (χ0v) is 13.6. The molecule has 0 spiro atoms. The van der Waals surface area contributed by atoms with Crippen molar-refractivity contribution in [2.75, 3.05) is 0 Å². The van der Waals surface area contributed by atoms with E-state index in [1.807, 2.05) is 37.3 Å². The van der Waals surface area contributed by atoms with Gasteiger partial charge in [-0.1, -0.05) is 37.3 Å². The molecule has 0 saturated heterocycles. The number of benzene rings is 2. The number of nitro groups is 1. The molecule has 2 rings (SSSR count). The van der Waals surface area contributed by atoms with Crippen molar-refractivity contribution < 1.29 is 14.5 Å². The lowest BCUT2D eigenvalue weighted by Gasteiger charge is -2.21. The SMILES string of the molecule is CCC(NC(=O)C(C)Oc1ccc([N+](=O)[O-])cc1)c1ccccc1. The number of carbonyl (C=O) groups excluding carboxylic acids is 1. The van der Waals surface area contributed by atoms with Gasteiger partial charge in [-0.3, -0.25) is 14.9 Å². The molecule has 1 N–H and O–H groups in total. The molecular weight excluding hydrogens is 308 g/mol. The molecule has 0 fully saturated rings. The number of hydrogen-bond acceptors (Lipinski definition) is 4. The number of nitro benzene ring substituents is 1. The molecule has 1 amide bonds. The number of nitrogens with zero attached hydrogens (tertiary/aromatic N) is 1. The molecule has 0 saturated carbocycles. The zero-order valence-electron chi connectivity index (χ0n) is 13.6. The summed E-state index contributed by atoms with van der Waals surface area (Å²) in [5.74, 6) is 0.181. The first-order valence-corrected chi connectivity index (χ1v) is 7.77. The molecule has 6 nitrogen and oxygen atoms in total. The Kier molecular flexibility index (Phi) is 5.89. The van der Waals surface area contributed by atoms with E-state index in [0.29, 0.717) is 5.75 Å². The maximum atomic E-state index is 12.3. The van der Waals surface area contributed by atoms with Crippen LogP contribution in [0.25, 0.3) is 0 Å². The van der Waals surface area contributed by atoms with Gasteiger partial charge in [0, 0.05) is 12.1 Å². The largest absolute Gasteiger partial charge is 0.481 e. The third kappa shape index (κ3) is 4.55. The first-order valence-electron chi connectivity index (χ1n) is 7.77. The molecular formula is C18H20N2O4. The van der Waals surface area contributed by atoms with Gasteiger partial charge < -0.3 is 10.1 Å². The predicted molar refractivity (Wildman–Crippen MR) is 90.8 cm³/mol. The summed E-state index contributed by atoms with van der Waals surface area (Å²) in [5, 5.41) is 13.6. The highest BCUT2D eigenvalue weighted by Gasteiger charge is 2.19. The maximum Gasteiger partial charge on any atom is 0.269 e. The van der Waals surface area contributed by atoms with Gasteiger partial charge >= 0.3 is 0 Å². The second kappa shape index (κ2) is 8.10. The van der Waals surface area contributed by atoms with E-state index in [0.717, 1.165) is 12.0 Å². The first kappa shape index (κ1) is 17.5. The molecule has 0 heterocycles. The van der Waals surface area contributed by atoms with Crippen molar-refractivity contribution in [3.05, 3.63) is 70.3 Å². The van der Waals surface area contributed by atoms with Crippen LogP contribution in [0, 0.1) is 10.1 Å². The van der Waals surface area contributed by atoms with Crippen LogP contribution in [0.5, 0.6) is 5.75 Å². The van der Waals surface area contributed by atoms with Crippen molar-refractivity contribution in [3.8, 4) is 5.75 Å². The van der Waals surface area contributed by atoms with Gasteiger partial charge in [-0.25, -0.2) is 0 Å². The lowest BCUT2D eigenvalue weighted by Crippen LogP contribution is -2.38. The average molecular weight is 328 g/mol. The highest BCUT2D eigenvalue weighted by Crippen LogP contribution is 2.19. The van der Waals surface area contributed by atoms with Crippen LogP contribution in [0.2, 0.25) is 0 Å². The van der Waals surface area contributed by atoms with Crippen LogP contribution in [-0.4, -0.2) is 16.9 Å².